The molecule has 2 aliphatic rings. The van der Waals surface area contributed by atoms with E-state index in [0.717, 1.165) is 55.7 Å². The molecule has 1 unspecified atom stereocenters. The molecule has 0 aromatic carbocycles. The van der Waals surface area contributed by atoms with Crippen molar-refractivity contribution < 1.29 is 4.79 Å². The summed E-state index contributed by atoms with van der Waals surface area (Å²) >= 11 is 3.37. The summed E-state index contributed by atoms with van der Waals surface area (Å²) in [4.78, 5) is 27.7. The highest BCUT2D eigenvalue weighted by molar-refractivity contribution is 7.98. The maximum atomic E-state index is 13.0. The Morgan fingerprint density at radius 1 is 1.36 bits per heavy atom. The van der Waals surface area contributed by atoms with Crippen LogP contribution in [0.4, 0.5) is 5.82 Å². The normalized spacial score (nSPS) is 20.0. The van der Waals surface area contributed by atoms with E-state index in [2.05, 4.69) is 26.3 Å². The Balaban J connectivity index is 1.44. The van der Waals surface area contributed by atoms with Gasteiger partial charge in [0.1, 0.15) is 5.82 Å². The molecule has 1 saturated heterocycles. The Hall–Kier alpha value is -1.60. The van der Waals surface area contributed by atoms with Gasteiger partial charge in [0.25, 0.3) is 0 Å². The van der Waals surface area contributed by atoms with Crippen molar-refractivity contribution in [2.24, 2.45) is 5.92 Å². The maximum Gasteiger partial charge on any atom is 0.227 e. The predicted octanol–water partition coefficient (Wildman–Crippen LogP) is 2.98. The molecule has 1 atom stereocenters. The third kappa shape index (κ3) is 3.40. The molecule has 25 heavy (non-hydrogen) atoms. The van der Waals surface area contributed by atoms with Crippen LogP contribution in [0.1, 0.15) is 22.6 Å². The van der Waals surface area contributed by atoms with Gasteiger partial charge in [0.05, 0.1) is 5.92 Å². The lowest BCUT2D eigenvalue weighted by atomic mass is 10.0. The van der Waals surface area contributed by atoms with E-state index in [-0.39, 0.29) is 5.92 Å². The van der Waals surface area contributed by atoms with Crippen LogP contribution in [0.3, 0.4) is 0 Å². The first-order chi connectivity index (χ1) is 12.1. The van der Waals surface area contributed by atoms with Crippen molar-refractivity contribution in [2.45, 2.75) is 31.5 Å². The number of rotatable bonds is 3. The topological polar surface area (TPSA) is 49.3 Å². The number of hydrogen-bond acceptors (Lipinski definition) is 6. The van der Waals surface area contributed by atoms with Gasteiger partial charge in [-0.3, -0.25) is 4.79 Å². The Morgan fingerprint density at radius 3 is 3.08 bits per heavy atom. The molecule has 0 bridgehead atoms. The average Bonchev–Trinajstić information content (AvgIpc) is 3.29. The lowest BCUT2D eigenvalue weighted by Crippen LogP contribution is -2.40. The summed E-state index contributed by atoms with van der Waals surface area (Å²) in [7, 11) is 0. The molecule has 1 amide bonds. The van der Waals surface area contributed by atoms with E-state index in [4.69, 9.17) is 0 Å². The zero-order valence-electron chi connectivity index (χ0n) is 14.6. The number of anilines is 1. The van der Waals surface area contributed by atoms with Crippen LogP contribution in [0.25, 0.3) is 0 Å². The first kappa shape index (κ1) is 16.8. The van der Waals surface area contributed by atoms with Gasteiger partial charge in [-0.2, -0.15) is 0 Å². The van der Waals surface area contributed by atoms with Gasteiger partial charge < -0.3 is 9.80 Å². The Labute approximate surface area is 156 Å². The number of aryl methyl sites for hydroxylation is 1. The number of thiophene rings is 1. The Bertz CT molecular complexity index is 791. The summed E-state index contributed by atoms with van der Waals surface area (Å²) in [6, 6.07) is 4.18. The van der Waals surface area contributed by atoms with Crippen LogP contribution in [-0.2, 0) is 17.8 Å². The minimum atomic E-state index is 0.0770. The number of hydrogen-bond donors (Lipinski definition) is 0. The molecule has 1 fully saturated rings. The van der Waals surface area contributed by atoms with Crippen LogP contribution in [-0.4, -0.2) is 46.7 Å². The molecule has 4 heterocycles. The summed E-state index contributed by atoms with van der Waals surface area (Å²) in [6.07, 6.45) is 3.89. The van der Waals surface area contributed by atoms with E-state index >= 15 is 0 Å². The van der Waals surface area contributed by atoms with Gasteiger partial charge in [0.2, 0.25) is 5.91 Å². The quantitative estimate of drug-likeness (QED) is 0.611. The Morgan fingerprint density at radius 2 is 2.24 bits per heavy atom. The molecular weight excluding hydrogens is 352 g/mol. The molecule has 2 aromatic rings. The van der Waals surface area contributed by atoms with E-state index in [1.54, 1.807) is 11.8 Å². The number of thioether (sulfide) groups is 1. The van der Waals surface area contributed by atoms with Crippen LogP contribution in [0, 0.1) is 12.8 Å². The molecule has 7 heteroatoms. The van der Waals surface area contributed by atoms with Crippen LogP contribution < -0.4 is 4.90 Å². The molecule has 0 saturated carbocycles. The highest BCUT2D eigenvalue weighted by Gasteiger charge is 2.33. The first-order valence-electron chi connectivity index (χ1n) is 8.62. The summed E-state index contributed by atoms with van der Waals surface area (Å²) in [5.74, 6) is 1.33. The standard InChI is InChI=1S/C18H22N4OS2/c1-12-9-16(20-18(19-12)24-2)21-6-3-14(11-21)17(23)22-7-4-15-13(10-22)5-8-25-15/h5,8-9,14H,3-4,6-7,10-11H2,1-2H3. The molecule has 132 valence electrons. The SMILES string of the molecule is CSc1nc(C)cc(N2CCC(C(=O)N3CCc4sccc4C3)C2)n1. The number of fused-ring (bicyclic) bond motifs is 1. The fraction of sp³-hybridized carbons (Fsp3) is 0.500. The van der Waals surface area contributed by atoms with Crippen molar-refractivity contribution in [1.82, 2.24) is 14.9 Å². The van der Waals surface area contributed by atoms with Gasteiger partial charge >= 0.3 is 0 Å². The summed E-state index contributed by atoms with van der Waals surface area (Å²) < 4.78 is 0. The van der Waals surface area contributed by atoms with Crippen LogP contribution >= 0.6 is 23.1 Å². The summed E-state index contributed by atoms with van der Waals surface area (Å²) in [5.41, 5.74) is 2.31. The summed E-state index contributed by atoms with van der Waals surface area (Å²) in [5, 5.41) is 2.93. The third-order valence-corrected chi connectivity index (χ3v) is 6.55. The van der Waals surface area contributed by atoms with Gasteiger partial charge in [0.15, 0.2) is 5.16 Å². The molecule has 0 aliphatic carbocycles. The number of amides is 1. The third-order valence-electron chi connectivity index (χ3n) is 4.98. The van der Waals surface area contributed by atoms with Crippen LogP contribution in [0.15, 0.2) is 22.7 Å². The average molecular weight is 375 g/mol. The minimum Gasteiger partial charge on any atom is -0.356 e. The van der Waals surface area contributed by atoms with Crippen molar-refractivity contribution in [3.63, 3.8) is 0 Å². The smallest absolute Gasteiger partial charge is 0.227 e. The maximum absolute atomic E-state index is 13.0. The molecule has 2 aliphatic heterocycles. The lowest BCUT2D eigenvalue weighted by molar-refractivity contribution is -0.135. The fourth-order valence-electron chi connectivity index (χ4n) is 3.64. The monoisotopic (exact) mass is 374 g/mol. The highest BCUT2D eigenvalue weighted by Crippen LogP contribution is 2.29. The van der Waals surface area contributed by atoms with Crippen molar-refractivity contribution in [3.05, 3.63) is 33.6 Å². The van der Waals surface area contributed by atoms with Gasteiger partial charge in [-0.25, -0.2) is 9.97 Å². The van der Waals surface area contributed by atoms with Crippen molar-refractivity contribution in [2.75, 3.05) is 30.8 Å². The Kier molecular flexibility index (Phi) is 4.69. The second-order valence-electron chi connectivity index (χ2n) is 6.66. The molecule has 0 N–H and O–H groups in total. The van der Waals surface area contributed by atoms with Gasteiger partial charge in [0, 0.05) is 42.8 Å². The largest absolute Gasteiger partial charge is 0.356 e. The number of nitrogens with zero attached hydrogens (tertiary/aromatic N) is 4. The minimum absolute atomic E-state index is 0.0770. The first-order valence-corrected chi connectivity index (χ1v) is 10.7. The predicted molar refractivity (Wildman–Crippen MR) is 102 cm³/mol. The second kappa shape index (κ2) is 6.96. The van der Waals surface area contributed by atoms with Crippen molar-refractivity contribution >= 4 is 34.8 Å². The van der Waals surface area contributed by atoms with E-state index in [1.807, 2.05) is 35.5 Å². The molecule has 0 radical (unpaired) electrons. The molecule has 5 nitrogen and oxygen atoms in total. The van der Waals surface area contributed by atoms with Crippen molar-refractivity contribution in [3.8, 4) is 0 Å². The van der Waals surface area contributed by atoms with Gasteiger partial charge in [-0.05, 0) is 43.0 Å². The number of carbonyl (C=O) groups excluding carboxylic acids is 1. The molecule has 2 aromatic heterocycles. The van der Waals surface area contributed by atoms with E-state index in [0.29, 0.717) is 5.91 Å². The molecular formula is C18H22N4OS2. The van der Waals surface area contributed by atoms with Crippen molar-refractivity contribution in [1.29, 1.82) is 0 Å². The zero-order valence-corrected chi connectivity index (χ0v) is 16.2. The van der Waals surface area contributed by atoms with Crippen LogP contribution in [0.2, 0.25) is 0 Å². The fourth-order valence-corrected chi connectivity index (χ4v) is 4.95. The van der Waals surface area contributed by atoms with Crippen LogP contribution in [0.5, 0.6) is 0 Å². The molecule has 0 spiro atoms. The second-order valence-corrected chi connectivity index (χ2v) is 8.44. The lowest BCUT2D eigenvalue weighted by Gasteiger charge is -2.29. The van der Waals surface area contributed by atoms with E-state index in [1.165, 1.54) is 10.4 Å². The van der Waals surface area contributed by atoms with E-state index in [9.17, 15) is 4.79 Å². The van der Waals surface area contributed by atoms with Gasteiger partial charge in [-0.1, -0.05) is 11.8 Å². The number of carbonyl (C=O) groups is 1. The summed E-state index contributed by atoms with van der Waals surface area (Å²) in [6.45, 7) is 5.27. The van der Waals surface area contributed by atoms with Gasteiger partial charge in [-0.15, -0.1) is 11.3 Å². The highest BCUT2D eigenvalue weighted by atomic mass is 32.2. The molecule has 4 rings (SSSR count). The van der Waals surface area contributed by atoms with E-state index < -0.39 is 0 Å². The zero-order chi connectivity index (χ0) is 17.4. The number of aromatic nitrogens is 2.